The SMILES string of the molecule is CC(NC(=O)c1c(Cl)cccc1[N+](=O)[O-])c1ncn[nH]1. The molecule has 1 aromatic heterocycles. The molecule has 0 saturated heterocycles. The first-order valence-electron chi connectivity index (χ1n) is 5.59. The van der Waals surface area contributed by atoms with Gasteiger partial charge in [0.15, 0.2) is 0 Å². The molecule has 0 saturated carbocycles. The summed E-state index contributed by atoms with van der Waals surface area (Å²) in [4.78, 5) is 26.3. The summed E-state index contributed by atoms with van der Waals surface area (Å²) < 4.78 is 0. The van der Waals surface area contributed by atoms with Crippen molar-refractivity contribution in [2.75, 3.05) is 0 Å². The minimum absolute atomic E-state index is 0.0152. The Labute approximate surface area is 118 Å². The Morgan fingerprint density at radius 2 is 2.30 bits per heavy atom. The number of nitro benzene ring substituents is 1. The summed E-state index contributed by atoms with van der Waals surface area (Å²) in [7, 11) is 0. The first-order valence-corrected chi connectivity index (χ1v) is 5.97. The highest BCUT2D eigenvalue weighted by Gasteiger charge is 2.25. The third-order valence-corrected chi connectivity index (χ3v) is 2.92. The molecule has 0 fully saturated rings. The van der Waals surface area contributed by atoms with Crippen molar-refractivity contribution in [2.45, 2.75) is 13.0 Å². The van der Waals surface area contributed by atoms with Crippen LogP contribution in [0.3, 0.4) is 0 Å². The van der Waals surface area contributed by atoms with E-state index in [-0.39, 0.29) is 16.3 Å². The van der Waals surface area contributed by atoms with Gasteiger partial charge in [-0.15, -0.1) is 0 Å². The first kappa shape index (κ1) is 13.9. The van der Waals surface area contributed by atoms with E-state index in [0.717, 1.165) is 0 Å². The van der Waals surface area contributed by atoms with Gasteiger partial charge in [-0.05, 0) is 13.0 Å². The van der Waals surface area contributed by atoms with Crippen LogP contribution in [0.5, 0.6) is 0 Å². The highest BCUT2D eigenvalue weighted by atomic mass is 35.5. The highest BCUT2D eigenvalue weighted by molar-refractivity contribution is 6.34. The van der Waals surface area contributed by atoms with E-state index in [1.54, 1.807) is 6.92 Å². The van der Waals surface area contributed by atoms with Crippen molar-refractivity contribution < 1.29 is 9.72 Å². The molecular formula is C11H10ClN5O3. The fraction of sp³-hybridized carbons (Fsp3) is 0.182. The first-order chi connectivity index (χ1) is 9.50. The van der Waals surface area contributed by atoms with Crippen LogP contribution in [0.4, 0.5) is 5.69 Å². The molecule has 2 rings (SSSR count). The largest absolute Gasteiger partial charge is 0.342 e. The van der Waals surface area contributed by atoms with Crippen LogP contribution >= 0.6 is 11.6 Å². The van der Waals surface area contributed by atoms with Crippen molar-refractivity contribution in [2.24, 2.45) is 0 Å². The van der Waals surface area contributed by atoms with Gasteiger partial charge in [0.05, 0.1) is 16.0 Å². The highest BCUT2D eigenvalue weighted by Crippen LogP contribution is 2.26. The molecule has 1 atom stereocenters. The number of nitro groups is 1. The van der Waals surface area contributed by atoms with Crippen LogP contribution in [0, 0.1) is 10.1 Å². The number of hydrogen-bond donors (Lipinski definition) is 2. The molecule has 20 heavy (non-hydrogen) atoms. The molecule has 2 aromatic rings. The average Bonchev–Trinajstić information content (AvgIpc) is 2.91. The fourth-order valence-electron chi connectivity index (χ4n) is 1.65. The van der Waals surface area contributed by atoms with Crippen molar-refractivity contribution in [3.05, 3.63) is 51.1 Å². The normalized spacial score (nSPS) is 11.9. The van der Waals surface area contributed by atoms with Gasteiger partial charge in [-0.2, -0.15) is 5.10 Å². The second kappa shape index (κ2) is 5.66. The van der Waals surface area contributed by atoms with E-state index in [2.05, 4.69) is 20.5 Å². The van der Waals surface area contributed by atoms with Gasteiger partial charge in [0.1, 0.15) is 17.7 Å². The van der Waals surface area contributed by atoms with Crippen LogP contribution in [0.2, 0.25) is 5.02 Å². The zero-order chi connectivity index (χ0) is 14.7. The van der Waals surface area contributed by atoms with Crippen molar-refractivity contribution in [3.63, 3.8) is 0 Å². The zero-order valence-electron chi connectivity index (χ0n) is 10.3. The van der Waals surface area contributed by atoms with E-state index in [4.69, 9.17) is 11.6 Å². The molecule has 0 aliphatic carbocycles. The average molecular weight is 296 g/mol. The molecule has 104 valence electrons. The van der Waals surface area contributed by atoms with E-state index in [1.165, 1.54) is 24.5 Å². The van der Waals surface area contributed by atoms with Crippen molar-refractivity contribution in [1.82, 2.24) is 20.5 Å². The number of aromatic amines is 1. The summed E-state index contributed by atoms with van der Waals surface area (Å²) >= 11 is 5.88. The van der Waals surface area contributed by atoms with Gasteiger partial charge in [-0.1, -0.05) is 17.7 Å². The summed E-state index contributed by atoms with van der Waals surface area (Å²) in [6.45, 7) is 1.67. The molecule has 0 spiro atoms. The van der Waals surface area contributed by atoms with Crippen LogP contribution in [0.15, 0.2) is 24.5 Å². The lowest BCUT2D eigenvalue weighted by atomic mass is 10.1. The number of halogens is 1. The van der Waals surface area contributed by atoms with Gasteiger partial charge in [-0.3, -0.25) is 20.0 Å². The molecule has 8 nitrogen and oxygen atoms in total. The number of carbonyl (C=O) groups excluding carboxylic acids is 1. The Balaban J connectivity index is 2.28. The Morgan fingerprint density at radius 3 is 2.90 bits per heavy atom. The number of nitrogens with one attached hydrogen (secondary N) is 2. The third kappa shape index (κ3) is 2.75. The van der Waals surface area contributed by atoms with E-state index in [0.29, 0.717) is 5.82 Å². The van der Waals surface area contributed by atoms with Crippen LogP contribution in [0.25, 0.3) is 0 Å². The molecule has 1 aromatic carbocycles. The molecule has 0 bridgehead atoms. The molecule has 0 aliphatic heterocycles. The summed E-state index contributed by atoms with van der Waals surface area (Å²) in [6.07, 6.45) is 1.30. The molecule has 0 aliphatic rings. The number of hydrogen-bond acceptors (Lipinski definition) is 5. The van der Waals surface area contributed by atoms with Crippen LogP contribution in [-0.4, -0.2) is 26.0 Å². The zero-order valence-corrected chi connectivity index (χ0v) is 11.1. The van der Waals surface area contributed by atoms with Gasteiger partial charge in [-0.25, -0.2) is 4.98 Å². The number of H-pyrrole nitrogens is 1. The van der Waals surface area contributed by atoms with Gasteiger partial charge in [0, 0.05) is 6.07 Å². The number of rotatable bonds is 4. The number of aromatic nitrogens is 3. The molecule has 1 heterocycles. The minimum Gasteiger partial charge on any atom is -0.342 e. The Hall–Kier alpha value is -2.48. The summed E-state index contributed by atoms with van der Waals surface area (Å²) in [6, 6.07) is 3.57. The molecule has 0 radical (unpaired) electrons. The third-order valence-electron chi connectivity index (χ3n) is 2.61. The van der Waals surface area contributed by atoms with Crippen molar-refractivity contribution in [1.29, 1.82) is 0 Å². The minimum atomic E-state index is -0.653. The van der Waals surface area contributed by atoms with E-state index in [9.17, 15) is 14.9 Å². The second-order valence-corrected chi connectivity index (χ2v) is 4.36. The number of benzene rings is 1. The molecule has 1 amide bonds. The lowest BCUT2D eigenvalue weighted by Gasteiger charge is -2.11. The van der Waals surface area contributed by atoms with Gasteiger partial charge < -0.3 is 5.32 Å². The Kier molecular flexibility index (Phi) is 3.94. The van der Waals surface area contributed by atoms with Crippen LogP contribution in [-0.2, 0) is 0 Å². The molecule has 9 heteroatoms. The Morgan fingerprint density at radius 1 is 1.55 bits per heavy atom. The molecule has 1 unspecified atom stereocenters. The van der Waals surface area contributed by atoms with E-state index < -0.39 is 16.9 Å². The van der Waals surface area contributed by atoms with Crippen LogP contribution in [0.1, 0.15) is 29.1 Å². The second-order valence-electron chi connectivity index (χ2n) is 3.96. The quantitative estimate of drug-likeness (QED) is 0.660. The van der Waals surface area contributed by atoms with E-state index in [1.807, 2.05) is 0 Å². The number of nitrogens with zero attached hydrogens (tertiary/aromatic N) is 3. The predicted molar refractivity (Wildman–Crippen MR) is 70.4 cm³/mol. The standard InChI is InChI=1S/C11H10ClN5O3/c1-6(10-13-5-14-16-10)15-11(18)9-7(12)3-2-4-8(9)17(19)20/h2-6H,1H3,(H,15,18)(H,13,14,16). The van der Waals surface area contributed by atoms with Crippen LogP contribution < -0.4 is 5.32 Å². The summed E-state index contributed by atoms with van der Waals surface area (Å²) in [5.41, 5.74) is -0.523. The number of carbonyl (C=O) groups is 1. The molecule has 2 N–H and O–H groups in total. The van der Waals surface area contributed by atoms with Gasteiger partial charge in [0.2, 0.25) is 0 Å². The Bertz CT molecular complexity index is 644. The molecular weight excluding hydrogens is 286 g/mol. The van der Waals surface area contributed by atoms with Gasteiger partial charge >= 0.3 is 0 Å². The lowest BCUT2D eigenvalue weighted by molar-refractivity contribution is -0.385. The lowest BCUT2D eigenvalue weighted by Crippen LogP contribution is -2.28. The monoisotopic (exact) mass is 295 g/mol. The topological polar surface area (TPSA) is 114 Å². The maximum absolute atomic E-state index is 12.1. The van der Waals surface area contributed by atoms with E-state index >= 15 is 0 Å². The summed E-state index contributed by atoms with van der Waals surface area (Å²) in [5, 5.41) is 19.8. The smallest absolute Gasteiger partial charge is 0.283 e. The fourth-order valence-corrected chi connectivity index (χ4v) is 1.91. The maximum atomic E-state index is 12.1. The van der Waals surface area contributed by atoms with Crippen molar-refractivity contribution in [3.8, 4) is 0 Å². The maximum Gasteiger partial charge on any atom is 0.283 e. The summed E-state index contributed by atoms with van der Waals surface area (Å²) in [5.74, 6) is -0.209. The number of amides is 1. The van der Waals surface area contributed by atoms with Gasteiger partial charge in [0.25, 0.3) is 11.6 Å². The predicted octanol–water partition coefficient (Wildman–Crippen LogP) is 1.86. The van der Waals surface area contributed by atoms with Crippen molar-refractivity contribution >= 4 is 23.2 Å².